The molecule has 28 heavy (non-hydrogen) atoms. The van der Waals surface area contributed by atoms with E-state index in [1.54, 1.807) is 6.20 Å². The smallest absolute Gasteiger partial charge is 0.274 e. The van der Waals surface area contributed by atoms with Gasteiger partial charge in [-0.1, -0.05) is 37.3 Å². The van der Waals surface area contributed by atoms with Crippen molar-refractivity contribution in [2.45, 2.75) is 19.4 Å². The zero-order chi connectivity index (χ0) is 19.3. The van der Waals surface area contributed by atoms with Crippen LogP contribution in [0.5, 0.6) is 0 Å². The van der Waals surface area contributed by atoms with Crippen molar-refractivity contribution < 1.29 is 4.79 Å². The third-order valence-electron chi connectivity index (χ3n) is 4.90. The van der Waals surface area contributed by atoms with E-state index in [0.717, 1.165) is 25.1 Å². The van der Waals surface area contributed by atoms with Crippen molar-refractivity contribution in [3.8, 4) is 0 Å². The lowest BCUT2D eigenvalue weighted by molar-refractivity contribution is 0.0629. The van der Waals surface area contributed by atoms with Gasteiger partial charge >= 0.3 is 0 Å². The number of pyridine rings is 1. The third-order valence-corrected chi connectivity index (χ3v) is 5.66. The van der Waals surface area contributed by atoms with E-state index in [0.29, 0.717) is 23.2 Å². The Morgan fingerprint density at radius 3 is 2.89 bits per heavy atom. The van der Waals surface area contributed by atoms with Crippen molar-refractivity contribution in [2.75, 3.05) is 25.0 Å². The van der Waals surface area contributed by atoms with Crippen molar-refractivity contribution in [2.24, 2.45) is 0 Å². The van der Waals surface area contributed by atoms with Crippen molar-refractivity contribution in [3.63, 3.8) is 0 Å². The van der Waals surface area contributed by atoms with Crippen molar-refractivity contribution >= 4 is 28.2 Å². The largest absolute Gasteiger partial charge is 0.328 e. The van der Waals surface area contributed by atoms with Crippen LogP contribution in [-0.2, 0) is 6.42 Å². The predicted molar refractivity (Wildman–Crippen MR) is 112 cm³/mol. The fourth-order valence-electron chi connectivity index (χ4n) is 3.34. The van der Waals surface area contributed by atoms with E-state index in [9.17, 15) is 4.79 Å². The molecule has 0 radical (unpaired) electrons. The molecule has 3 heterocycles. The minimum Gasteiger partial charge on any atom is -0.328 e. The van der Waals surface area contributed by atoms with Crippen LogP contribution in [0.2, 0.25) is 0 Å². The minimum atomic E-state index is -0.0311. The molecule has 144 valence electrons. The third kappa shape index (κ3) is 4.05. The Morgan fingerprint density at radius 2 is 2.14 bits per heavy atom. The monoisotopic (exact) mass is 393 g/mol. The summed E-state index contributed by atoms with van der Waals surface area (Å²) in [4.78, 5) is 23.8. The molecule has 1 aliphatic rings. The Bertz CT molecular complexity index is 925. The van der Waals surface area contributed by atoms with Crippen LogP contribution in [0.3, 0.4) is 0 Å². The maximum atomic E-state index is 13.2. The molecule has 1 aliphatic heterocycles. The average Bonchev–Trinajstić information content (AvgIpc) is 3.22. The molecule has 2 N–H and O–H groups in total. The average molecular weight is 394 g/mol. The lowest BCUT2D eigenvalue weighted by Gasteiger charge is -2.36. The van der Waals surface area contributed by atoms with Gasteiger partial charge in [-0.2, -0.15) is 0 Å². The van der Waals surface area contributed by atoms with Gasteiger partial charge in [0.2, 0.25) is 0 Å². The first kappa shape index (κ1) is 18.6. The number of hydrogen-bond donors (Lipinski definition) is 2. The Hall–Kier alpha value is -2.77. The highest BCUT2D eigenvalue weighted by atomic mass is 32.1. The Labute approximate surface area is 168 Å². The lowest BCUT2D eigenvalue weighted by atomic mass is 10.0. The molecule has 0 aliphatic carbocycles. The van der Waals surface area contributed by atoms with Crippen LogP contribution in [0.4, 0.5) is 10.9 Å². The second kappa shape index (κ2) is 8.50. The summed E-state index contributed by atoms with van der Waals surface area (Å²) in [7, 11) is 0. The molecular formula is C21H23N5OS. The van der Waals surface area contributed by atoms with Gasteiger partial charge in [0.1, 0.15) is 11.5 Å². The zero-order valence-corrected chi connectivity index (χ0v) is 16.6. The van der Waals surface area contributed by atoms with Crippen molar-refractivity contribution in [3.05, 3.63) is 70.9 Å². The van der Waals surface area contributed by atoms with Crippen LogP contribution in [0.15, 0.2) is 54.0 Å². The van der Waals surface area contributed by atoms with Crippen LogP contribution >= 0.6 is 11.3 Å². The fourth-order valence-corrected chi connectivity index (χ4v) is 4.03. The van der Waals surface area contributed by atoms with Gasteiger partial charge < -0.3 is 15.5 Å². The van der Waals surface area contributed by atoms with Gasteiger partial charge in [-0.25, -0.2) is 9.97 Å². The number of benzene rings is 1. The van der Waals surface area contributed by atoms with Crippen LogP contribution in [0, 0.1) is 0 Å². The number of carbonyl (C=O) groups excluding carboxylic acids is 1. The topological polar surface area (TPSA) is 70.2 Å². The number of thiazole rings is 1. The number of aryl methyl sites for hydroxylation is 1. The molecule has 0 bridgehead atoms. The molecule has 0 saturated carbocycles. The van der Waals surface area contributed by atoms with Crippen LogP contribution in [-0.4, -0.2) is 40.4 Å². The molecule has 1 atom stereocenters. The van der Waals surface area contributed by atoms with Crippen molar-refractivity contribution in [1.82, 2.24) is 20.2 Å². The lowest BCUT2D eigenvalue weighted by Crippen LogP contribution is -2.48. The highest BCUT2D eigenvalue weighted by Gasteiger charge is 2.29. The maximum absolute atomic E-state index is 13.2. The summed E-state index contributed by atoms with van der Waals surface area (Å²) in [5.41, 5.74) is 2.93. The normalized spacial score (nSPS) is 16.8. The first-order valence-corrected chi connectivity index (χ1v) is 10.4. The summed E-state index contributed by atoms with van der Waals surface area (Å²) >= 11 is 1.41. The number of rotatable bonds is 5. The number of anilines is 2. The minimum absolute atomic E-state index is 0.0149. The van der Waals surface area contributed by atoms with Gasteiger partial charge in [0, 0.05) is 31.2 Å². The second-order valence-corrected chi connectivity index (χ2v) is 7.55. The second-order valence-electron chi connectivity index (χ2n) is 6.69. The number of hydrogen-bond acceptors (Lipinski definition) is 6. The quantitative estimate of drug-likeness (QED) is 0.693. The highest BCUT2D eigenvalue weighted by Crippen LogP contribution is 2.26. The number of aromatic nitrogens is 2. The van der Waals surface area contributed by atoms with E-state index in [1.807, 2.05) is 28.5 Å². The number of nitrogens with zero attached hydrogens (tertiary/aromatic N) is 3. The molecule has 1 unspecified atom stereocenters. The van der Waals surface area contributed by atoms with Gasteiger partial charge in [-0.3, -0.25) is 4.79 Å². The Balaban J connectivity index is 1.52. The highest BCUT2D eigenvalue weighted by molar-refractivity contribution is 7.14. The molecule has 6 nitrogen and oxygen atoms in total. The van der Waals surface area contributed by atoms with Gasteiger partial charge in [0.05, 0.1) is 6.04 Å². The Kier molecular flexibility index (Phi) is 5.64. The van der Waals surface area contributed by atoms with Gasteiger partial charge in [0.25, 0.3) is 5.91 Å². The molecule has 1 fully saturated rings. The molecular weight excluding hydrogens is 370 g/mol. The molecule has 2 aromatic heterocycles. The summed E-state index contributed by atoms with van der Waals surface area (Å²) < 4.78 is 0. The summed E-state index contributed by atoms with van der Waals surface area (Å²) in [6, 6.07) is 14.2. The van der Waals surface area contributed by atoms with Crippen LogP contribution < -0.4 is 10.6 Å². The van der Waals surface area contributed by atoms with E-state index in [1.165, 1.54) is 16.9 Å². The van der Waals surface area contributed by atoms with Gasteiger partial charge in [0.15, 0.2) is 5.13 Å². The molecule has 1 aromatic carbocycles. The molecule has 3 aromatic rings. The van der Waals surface area contributed by atoms with E-state index in [4.69, 9.17) is 0 Å². The van der Waals surface area contributed by atoms with Gasteiger partial charge in [-0.15, -0.1) is 11.3 Å². The predicted octanol–water partition coefficient (Wildman–Crippen LogP) is 3.63. The molecule has 4 rings (SSSR count). The number of piperazine rings is 1. The van der Waals surface area contributed by atoms with E-state index >= 15 is 0 Å². The fraction of sp³-hybridized carbons (Fsp3) is 0.286. The van der Waals surface area contributed by atoms with E-state index in [2.05, 4.69) is 51.8 Å². The summed E-state index contributed by atoms with van der Waals surface area (Å²) in [6.07, 6.45) is 2.73. The van der Waals surface area contributed by atoms with Crippen LogP contribution in [0.25, 0.3) is 0 Å². The number of carbonyl (C=O) groups is 1. The Morgan fingerprint density at radius 1 is 1.29 bits per heavy atom. The molecule has 0 spiro atoms. The zero-order valence-electron chi connectivity index (χ0n) is 15.8. The van der Waals surface area contributed by atoms with E-state index in [-0.39, 0.29) is 11.9 Å². The number of amides is 1. The molecule has 7 heteroatoms. The SMILES string of the molecule is CCc1ccc(C2CNCCN2C(=O)c2csc(Nc3ccccn3)n2)cc1. The first-order chi connectivity index (χ1) is 13.7. The van der Waals surface area contributed by atoms with E-state index < -0.39 is 0 Å². The maximum Gasteiger partial charge on any atom is 0.274 e. The summed E-state index contributed by atoms with van der Waals surface area (Å²) in [6.45, 7) is 4.35. The first-order valence-electron chi connectivity index (χ1n) is 9.48. The molecule has 1 saturated heterocycles. The number of nitrogens with one attached hydrogen (secondary N) is 2. The van der Waals surface area contributed by atoms with Crippen LogP contribution in [0.1, 0.15) is 34.6 Å². The van der Waals surface area contributed by atoms with Crippen molar-refractivity contribution in [1.29, 1.82) is 0 Å². The standard InChI is InChI=1S/C21H23N5OS/c1-2-15-6-8-16(9-7-15)18-13-22-11-12-26(18)20(27)17-14-28-21(24-17)25-19-5-3-4-10-23-19/h3-10,14,18,22H,2,11-13H2,1H3,(H,23,24,25). The summed E-state index contributed by atoms with van der Waals surface area (Å²) in [5.74, 6) is 0.684. The van der Waals surface area contributed by atoms with Gasteiger partial charge in [-0.05, 0) is 29.7 Å². The summed E-state index contributed by atoms with van der Waals surface area (Å²) in [5, 5.41) is 9.03. The molecule has 1 amide bonds.